The Hall–Kier alpha value is -7.16. The second-order valence-corrected chi connectivity index (χ2v) is 13.8. The van der Waals surface area contributed by atoms with Crippen molar-refractivity contribution < 1.29 is 4.42 Å². The molecule has 2 nitrogen and oxygen atoms in total. The van der Waals surface area contributed by atoms with Crippen molar-refractivity contribution in [3.63, 3.8) is 0 Å². The van der Waals surface area contributed by atoms with Crippen molar-refractivity contribution in [2.45, 2.75) is 0 Å². The van der Waals surface area contributed by atoms with E-state index in [0.29, 0.717) is 0 Å². The van der Waals surface area contributed by atoms with Crippen LogP contribution >= 0.6 is 0 Å². The summed E-state index contributed by atoms with van der Waals surface area (Å²) in [5.41, 5.74) is 14.5. The van der Waals surface area contributed by atoms with Gasteiger partial charge < -0.3 is 9.32 Å². The zero-order valence-corrected chi connectivity index (χ0v) is 29.6. The van der Waals surface area contributed by atoms with Crippen molar-refractivity contribution in [1.82, 2.24) is 0 Å². The van der Waals surface area contributed by atoms with Crippen LogP contribution in [0.15, 0.2) is 217 Å². The van der Waals surface area contributed by atoms with E-state index in [-0.39, 0.29) is 0 Å². The first-order chi connectivity index (χ1) is 26.7. The lowest BCUT2D eigenvalue weighted by Gasteiger charge is -2.26. The number of rotatable bonds is 7. The molecule has 0 radical (unpaired) electrons. The number of furan rings is 1. The van der Waals surface area contributed by atoms with Gasteiger partial charge in [-0.25, -0.2) is 0 Å². The molecule has 0 bridgehead atoms. The Labute approximate surface area is 314 Å². The summed E-state index contributed by atoms with van der Waals surface area (Å²) >= 11 is 0. The van der Waals surface area contributed by atoms with Gasteiger partial charge in [0.05, 0.1) is 0 Å². The number of hydrogen-bond donors (Lipinski definition) is 0. The lowest BCUT2D eigenvalue weighted by Crippen LogP contribution is -2.09. The molecule has 0 saturated carbocycles. The molecule has 0 N–H and O–H groups in total. The maximum absolute atomic E-state index is 6.52. The first-order valence-electron chi connectivity index (χ1n) is 18.4. The minimum absolute atomic E-state index is 0.860. The summed E-state index contributed by atoms with van der Waals surface area (Å²) in [5, 5.41) is 4.71. The Bertz CT molecular complexity index is 2910. The fourth-order valence-electron chi connectivity index (χ4n) is 7.73. The van der Waals surface area contributed by atoms with Gasteiger partial charge in [0, 0.05) is 33.9 Å². The van der Waals surface area contributed by atoms with Crippen LogP contribution in [0.2, 0.25) is 0 Å². The lowest BCUT2D eigenvalue weighted by atomic mass is 9.94. The van der Waals surface area contributed by atoms with Gasteiger partial charge in [-0.3, -0.25) is 0 Å². The van der Waals surface area contributed by atoms with Crippen LogP contribution in [0.5, 0.6) is 0 Å². The second kappa shape index (κ2) is 13.4. The van der Waals surface area contributed by atoms with Crippen molar-refractivity contribution in [3.8, 4) is 44.5 Å². The molecule has 1 aromatic heterocycles. The molecular formula is C52H35NO. The highest BCUT2D eigenvalue weighted by atomic mass is 16.3. The number of hydrogen-bond acceptors (Lipinski definition) is 2. The van der Waals surface area contributed by atoms with E-state index in [1.807, 2.05) is 0 Å². The second-order valence-electron chi connectivity index (χ2n) is 13.8. The van der Waals surface area contributed by atoms with E-state index in [1.54, 1.807) is 0 Å². The van der Waals surface area contributed by atoms with E-state index in [1.165, 1.54) is 55.3 Å². The Kier molecular flexibility index (Phi) is 7.85. The van der Waals surface area contributed by atoms with Crippen molar-refractivity contribution in [2.75, 3.05) is 4.90 Å². The van der Waals surface area contributed by atoms with Crippen LogP contribution in [-0.2, 0) is 0 Å². The summed E-state index contributed by atoms with van der Waals surface area (Å²) in [4.78, 5) is 2.32. The quantitative estimate of drug-likeness (QED) is 0.166. The van der Waals surface area contributed by atoms with Gasteiger partial charge in [0.15, 0.2) is 0 Å². The lowest BCUT2D eigenvalue weighted by molar-refractivity contribution is 0.669. The van der Waals surface area contributed by atoms with Gasteiger partial charge in [-0.1, -0.05) is 152 Å². The van der Waals surface area contributed by atoms with Crippen LogP contribution in [0.1, 0.15) is 0 Å². The maximum atomic E-state index is 6.52. The van der Waals surface area contributed by atoms with E-state index >= 15 is 0 Å². The third-order valence-electron chi connectivity index (χ3n) is 10.5. The number of anilines is 3. The third kappa shape index (κ3) is 5.81. The summed E-state index contributed by atoms with van der Waals surface area (Å²) in [7, 11) is 0. The molecule has 254 valence electrons. The highest BCUT2D eigenvalue weighted by Gasteiger charge is 2.17. The summed E-state index contributed by atoms with van der Waals surface area (Å²) in [6, 6.07) is 75.8. The van der Waals surface area contributed by atoms with Crippen LogP contribution in [0.3, 0.4) is 0 Å². The van der Waals surface area contributed by atoms with E-state index in [4.69, 9.17) is 4.42 Å². The molecule has 10 aromatic rings. The molecule has 54 heavy (non-hydrogen) atoms. The molecule has 1 heterocycles. The molecule has 0 saturated heterocycles. The van der Waals surface area contributed by atoms with E-state index in [2.05, 4.69) is 217 Å². The van der Waals surface area contributed by atoms with Gasteiger partial charge in [-0.05, 0) is 110 Å². The fourth-order valence-corrected chi connectivity index (χ4v) is 7.73. The zero-order valence-electron chi connectivity index (χ0n) is 29.6. The molecule has 0 amide bonds. The van der Waals surface area contributed by atoms with Crippen molar-refractivity contribution in [1.29, 1.82) is 0 Å². The van der Waals surface area contributed by atoms with Crippen LogP contribution in [-0.4, -0.2) is 0 Å². The number of nitrogens with zero attached hydrogens (tertiary/aromatic N) is 1. The van der Waals surface area contributed by atoms with E-state index in [0.717, 1.165) is 39.0 Å². The first kappa shape index (κ1) is 31.6. The maximum Gasteiger partial charge on any atom is 0.137 e. The predicted octanol–water partition coefficient (Wildman–Crippen LogP) is 14.9. The Morgan fingerprint density at radius 2 is 0.778 bits per heavy atom. The molecule has 0 spiro atoms. The molecule has 9 aromatic carbocycles. The van der Waals surface area contributed by atoms with Crippen LogP contribution in [0.4, 0.5) is 17.1 Å². The topological polar surface area (TPSA) is 16.4 Å². The van der Waals surface area contributed by atoms with Gasteiger partial charge in [0.25, 0.3) is 0 Å². The number of fused-ring (bicyclic) bond motifs is 4. The highest BCUT2D eigenvalue weighted by molar-refractivity contribution is 6.07. The Morgan fingerprint density at radius 1 is 0.278 bits per heavy atom. The highest BCUT2D eigenvalue weighted by Crippen LogP contribution is 2.41. The van der Waals surface area contributed by atoms with Crippen LogP contribution in [0.25, 0.3) is 77.2 Å². The van der Waals surface area contributed by atoms with Gasteiger partial charge in [-0.15, -0.1) is 0 Å². The molecular weight excluding hydrogens is 655 g/mol. The molecule has 0 unspecified atom stereocenters. The third-order valence-corrected chi connectivity index (χ3v) is 10.5. The van der Waals surface area contributed by atoms with E-state index < -0.39 is 0 Å². The van der Waals surface area contributed by atoms with Gasteiger partial charge >= 0.3 is 0 Å². The molecule has 0 atom stereocenters. The minimum atomic E-state index is 0.860. The van der Waals surface area contributed by atoms with Crippen LogP contribution < -0.4 is 4.90 Å². The van der Waals surface area contributed by atoms with Gasteiger partial charge in [0.2, 0.25) is 0 Å². The monoisotopic (exact) mass is 689 g/mol. The van der Waals surface area contributed by atoms with Crippen molar-refractivity contribution >= 4 is 49.8 Å². The van der Waals surface area contributed by atoms with E-state index in [9.17, 15) is 0 Å². The Balaban J connectivity index is 1.07. The fraction of sp³-hybridized carbons (Fsp3) is 0. The number of benzene rings is 9. The molecule has 10 rings (SSSR count). The average Bonchev–Trinajstić information content (AvgIpc) is 3.62. The van der Waals surface area contributed by atoms with Crippen LogP contribution in [0, 0.1) is 0 Å². The molecule has 2 heteroatoms. The first-order valence-corrected chi connectivity index (χ1v) is 18.4. The summed E-state index contributed by atoms with van der Waals surface area (Å²) in [6.45, 7) is 0. The van der Waals surface area contributed by atoms with Crippen molar-refractivity contribution in [2.24, 2.45) is 0 Å². The SMILES string of the molecule is c1ccc(-c2ccc3oc4cc(N(c5ccc(-c6ccc7ccccc7c6)cc5)c5ccc(-c6ccccc6-c6ccccc6)cc5)ccc4c3c2)cc1. The van der Waals surface area contributed by atoms with Gasteiger partial charge in [0.1, 0.15) is 11.2 Å². The minimum Gasteiger partial charge on any atom is -0.456 e. The zero-order chi connectivity index (χ0) is 35.8. The van der Waals surface area contributed by atoms with Crippen molar-refractivity contribution in [3.05, 3.63) is 212 Å². The standard InChI is InChI=1S/C52H35NO/c1-3-11-36(12-4-1)43-25-32-51-50(34-43)49-31-30-46(35-52(49)54-51)53(44-26-21-38(22-27-44)42-20-19-37-13-7-8-16-41(37)33-42)45-28-23-40(24-29-45)48-18-10-9-17-47(48)39-14-5-2-6-15-39/h1-35H. The molecule has 0 aliphatic carbocycles. The normalized spacial score (nSPS) is 11.3. The Morgan fingerprint density at radius 3 is 1.48 bits per heavy atom. The molecule has 0 fully saturated rings. The summed E-state index contributed by atoms with van der Waals surface area (Å²) in [6.07, 6.45) is 0. The summed E-state index contributed by atoms with van der Waals surface area (Å²) < 4.78 is 6.52. The van der Waals surface area contributed by atoms with Gasteiger partial charge in [-0.2, -0.15) is 0 Å². The largest absolute Gasteiger partial charge is 0.456 e. The predicted molar refractivity (Wildman–Crippen MR) is 228 cm³/mol. The smallest absolute Gasteiger partial charge is 0.137 e. The molecule has 0 aliphatic heterocycles. The molecule has 0 aliphatic rings. The summed E-state index contributed by atoms with van der Waals surface area (Å²) in [5.74, 6) is 0. The average molecular weight is 690 g/mol.